The van der Waals surface area contributed by atoms with E-state index in [-0.39, 0.29) is 18.6 Å². The molecule has 0 bridgehead atoms. The Hall–Kier alpha value is -1.36. The Morgan fingerprint density at radius 1 is 1.69 bits per heavy atom. The van der Waals surface area contributed by atoms with Crippen molar-refractivity contribution < 1.29 is 14.4 Å². The van der Waals surface area contributed by atoms with Crippen LogP contribution in [0.4, 0.5) is 0 Å². The molecular weight excluding hydrogens is 208 g/mol. The van der Waals surface area contributed by atoms with Crippen molar-refractivity contribution in [3.05, 3.63) is 17.5 Å². The maximum atomic E-state index is 12.1. The van der Waals surface area contributed by atoms with Gasteiger partial charge >= 0.3 is 0 Å². The van der Waals surface area contributed by atoms with Crippen LogP contribution in [0.5, 0.6) is 0 Å². The van der Waals surface area contributed by atoms with E-state index in [1.54, 1.807) is 11.8 Å². The average molecular weight is 224 g/mol. The molecule has 0 radical (unpaired) electrons. The summed E-state index contributed by atoms with van der Waals surface area (Å²) in [4.78, 5) is 13.8. The molecule has 1 aliphatic rings. The fourth-order valence-electron chi connectivity index (χ4n) is 1.88. The highest BCUT2D eigenvalue weighted by molar-refractivity contribution is 5.92. The number of aryl methyl sites for hydroxylation is 1. The Labute approximate surface area is 94.0 Å². The number of hydrogen-bond donors (Lipinski definition) is 1. The van der Waals surface area contributed by atoms with E-state index in [1.165, 1.54) is 6.20 Å². The molecule has 0 aromatic carbocycles. The van der Waals surface area contributed by atoms with Gasteiger partial charge in [-0.05, 0) is 26.2 Å². The molecule has 1 fully saturated rings. The molecule has 1 aromatic rings. The third kappa shape index (κ3) is 1.95. The molecule has 1 aromatic heterocycles. The first-order valence-electron chi connectivity index (χ1n) is 5.57. The summed E-state index contributed by atoms with van der Waals surface area (Å²) in [6.07, 6.45) is 4.71. The van der Waals surface area contributed by atoms with Gasteiger partial charge in [0.25, 0.3) is 5.91 Å². The largest absolute Gasteiger partial charge is 0.395 e. The van der Waals surface area contributed by atoms with Gasteiger partial charge in [0.1, 0.15) is 0 Å². The van der Waals surface area contributed by atoms with Crippen LogP contribution < -0.4 is 0 Å². The predicted molar refractivity (Wildman–Crippen MR) is 57.0 cm³/mol. The number of carbonyl (C=O) groups is 1. The van der Waals surface area contributed by atoms with Crippen LogP contribution in [0.15, 0.2) is 10.7 Å². The minimum absolute atomic E-state index is 0.0184. The zero-order valence-electron chi connectivity index (χ0n) is 9.35. The Morgan fingerprint density at radius 3 is 2.88 bits per heavy atom. The molecule has 1 heterocycles. The normalized spacial score (nSPS) is 15.9. The Kier molecular flexibility index (Phi) is 3.24. The Morgan fingerprint density at radius 2 is 2.44 bits per heavy atom. The standard InChI is InChI=1S/C11H16N2O3/c1-8-7-12-16-10(8)11(15)13(5-6-14)9-3-2-4-9/h7,9,14H,2-6H2,1H3. The number of nitrogens with zero attached hydrogens (tertiary/aromatic N) is 2. The summed E-state index contributed by atoms with van der Waals surface area (Å²) in [5, 5.41) is 12.6. The predicted octanol–water partition coefficient (Wildman–Crippen LogP) is 0.970. The van der Waals surface area contributed by atoms with Crippen molar-refractivity contribution in [1.29, 1.82) is 0 Å². The summed E-state index contributed by atoms with van der Waals surface area (Å²) in [5.41, 5.74) is 0.743. The van der Waals surface area contributed by atoms with Gasteiger partial charge in [0.05, 0.1) is 12.8 Å². The lowest BCUT2D eigenvalue weighted by atomic mass is 9.91. The second-order valence-corrected chi connectivity index (χ2v) is 4.14. The molecule has 1 saturated carbocycles. The number of hydrogen-bond acceptors (Lipinski definition) is 4. The maximum Gasteiger partial charge on any atom is 0.293 e. The van der Waals surface area contributed by atoms with Gasteiger partial charge in [0.15, 0.2) is 0 Å². The molecule has 0 saturated heterocycles. The van der Waals surface area contributed by atoms with Crippen LogP contribution >= 0.6 is 0 Å². The van der Waals surface area contributed by atoms with Crippen LogP contribution in [0, 0.1) is 6.92 Å². The quantitative estimate of drug-likeness (QED) is 0.827. The Balaban J connectivity index is 2.13. The number of aromatic nitrogens is 1. The fourth-order valence-corrected chi connectivity index (χ4v) is 1.88. The van der Waals surface area contributed by atoms with Crippen LogP contribution in [0.3, 0.4) is 0 Å². The second-order valence-electron chi connectivity index (χ2n) is 4.14. The molecular formula is C11H16N2O3. The number of carbonyl (C=O) groups excluding carboxylic acids is 1. The highest BCUT2D eigenvalue weighted by atomic mass is 16.5. The topological polar surface area (TPSA) is 66.6 Å². The first-order valence-corrected chi connectivity index (χ1v) is 5.57. The van der Waals surface area contributed by atoms with Gasteiger partial charge in [0.2, 0.25) is 5.76 Å². The summed E-state index contributed by atoms with van der Waals surface area (Å²) in [6.45, 7) is 2.14. The van der Waals surface area contributed by atoms with Crippen molar-refractivity contribution in [3.8, 4) is 0 Å². The molecule has 0 aliphatic heterocycles. The molecule has 0 unspecified atom stereocenters. The van der Waals surface area contributed by atoms with Crippen molar-refractivity contribution in [2.75, 3.05) is 13.2 Å². The lowest BCUT2D eigenvalue weighted by molar-refractivity contribution is 0.0485. The summed E-state index contributed by atoms with van der Waals surface area (Å²) in [6, 6.07) is 0.254. The number of amides is 1. The van der Waals surface area contributed by atoms with Crippen LogP contribution in [0.2, 0.25) is 0 Å². The van der Waals surface area contributed by atoms with E-state index in [2.05, 4.69) is 5.16 Å². The second kappa shape index (κ2) is 4.65. The molecule has 5 nitrogen and oxygen atoms in total. The zero-order chi connectivity index (χ0) is 11.5. The van der Waals surface area contributed by atoms with E-state index >= 15 is 0 Å². The summed E-state index contributed by atoms with van der Waals surface area (Å²) < 4.78 is 4.95. The monoisotopic (exact) mass is 224 g/mol. The van der Waals surface area contributed by atoms with Crippen LogP contribution in [-0.2, 0) is 0 Å². The first-order chi connectivity index (χ1) is 7.74. The molecule has 16 heavy (non-hydrogen) atoms. The minimum Gasteiger partial charge on any atom is -0.395 e. The van der Waals surface area contributed by atoms with Gasteiger partial charge in [-0.25, -0.2) is 0 Å². The third-order valence-electron chi connectivity index (χ3n) is 3.06. The highest BCUT2D eigenvalue weighted by Crippen LogP contribution is 2.26. The zero-order valence-corrected chi connectivity index (χ0v) is 9.35. The van der Waals surface area contributed by atoms with Crippen LogP contribution in [0.25, 0.3) is 0 Å². The van der Waals surface area contributed by atoms with E-state index in [1.807, 2.05) is 0 Å². The van der Waals surface area contributed by atoms with Crippen molar-refractivity contribution in [2.24, 2.45) is 0 Å². The molecule has 0 atom stereocenters. The fraction of sp³-hybridized carbons (Fsp3) is 0.636. The van der Waals surface area contributed by atoms with Crippen molar-refractivity contribution in [1.82, 2.24) is 10.1 Å². The van der Waals surface area contributed by atoms with Gasteiger partial charge in [0, 0.05) is 18.2 Å². The molecule has 1 amide bonds. The van der Waals surface area contributed by atoms with Crippen LogP contribution in [-0.4, -0.2) is 40.3 Å². The van der Waals surface area contributed by atoms with Gasteiger partial charge in [-0.1, -0.05) is 5.16 Å². The van der Waals surface area contributed by atoms with E-state index in [0.29, 0.717) is 12.3 Å². The highest BCUT2D eigenvalue weighted by Gasteiger charge is 2.31. The molecule has 88 valence electrons. The lowest BCUT2D eigenvalue weighted by Crippen LogP contribution is -2.45. The molecule has 2 rings (SSSR count). The summed E-state index contributed by atoms with van der Waals surface area (Å²) in [7, 11) is 0. The van der Waals surface area contributed by atoms with E-state index in [0.717, 1.165) is 24.8 Å². The first kappa shape index (κ1) is 11.1. The lowest BCUT2D eigenvalue weighted by Gasteiger charge is -2.36. The van der Waals surface area contributed by atoms with Gasteiger partial charge in [-0.15, -0.1) is 0 Å². The summed E-state index contributed by atoms with van der Waals surface area (Å²) >= 11 is 0. The van der Waals surface area contributed by atoms with E-state index in [4.69, 9.17) is 9.63 Å². The molecule has 0 spiro atoms. The minimum atomic E-state index is -0.159. The van der Waals surface area contributed by atoms with Crippen molar-refractivity contribution in [2.45, 2.75) is 32.2 Å². The SMILES string of the molecule is Cc1cnoc1C(=O)N(CCO)C1CCC1. The maximum absolute atomic E-state index is 12.1. The Bertz CT molecular complexity index is 371. The number of aliphatic hydroxyl groups is 1. The number of rotatable bonds is 4. The van der Waals surface area contributed by atoms with E-state index < -0.39 is 0 Å². The molecule has 5 heteroatoms. The molecule has 1 aliphatic carbocycles. The smallest absolute Gasteiger partial charge is 0.293 e. The van der Waals surface area contributed by atoms with E-state index in [9.17, 15) is 4.79 Å². The van der Waals surface area contributed by atoms with Crippen LogP contribution in [0.1, 0.15) is 35.4 Å². The van der Waals surface area contributed by atoms with Gasteiger partial charge in [-0.3, -0.25) is 4.79 Å². The number of aliphatic hydroxyl groups excluding tert-OH is 1. The molecule has 1 N–H and O–H groups in total. The van der Waals surface area contributed by atoms with Crippen molar-refractivity contribution >= 4 is 5.91 Å². The summed E-state index contributed by atoms with van der Waals surface area (Å²) in [5.74, 6) is 0.133. The van der Waals surface area contributed by atoms with Gasteiger partial charge in [-0.2, -0.15) is 0 Å². The van der Waals surface area contributed by atoms with Crippen molar-refractivity contribution in [3.63, 3.8) is 0 Å². The third-order valence-corrected chi connectivity index (χ3v) is 3.06. The van der Waals surface area contributed by atoms with Gasteiger partial charge < -0.3 is 14.5 Å². The average Bonchev–Trinajstić information content (AvgIpc) is 2.60.